The number of unbranched alkanes of at least 4 members (excludes halogenated alkanes) is 20. The number of rotatable bonds is 31. The van der Waals surface area contributed by atoms with Crippen LogP contribution in [0.25, 0.3) is 0 Å². The van der Waals surface area contributed by atoms with Gasteiger partial charge in [0.15, 0.2) is 26.9 Å². The Kier molecular flexibility index (Phi) is 26.2. The molecule has 0 aliphatic carbocycles. The van der Waals surface area contributed by atoms with Gasteiger partial charge in [0.25, 0.3) is 0 Å². The Morgan fingerprint density at radius 2 is 0.756 bits per heavy atom. The van der Waals surface area contributed by atoms with Crippen LogP contribution in [-0.4, -0.2) is 9.79 Å². The first kappa shape index (κ1) is 42.7. The van der Waals surface area contributed by atoms with Gasteiger partial charge in [0.05, 0.1) is 3.57 Å². The molecule has 1 rings (SSSR count). The molecule has 2 N–H and O–H groups in total. The standard InChI is InChI=1S/C38H70IO5P/c1-5-9-13-17-21-25-29-33-34(30-26-22-18-14-10-6-2)36(32-28-24-20-16-12-8-4)38(44-45(41,42)43)37(39-40)35(33)31-27-23-19-15-11-7-3/h5-32H2,1-4H3,(H2,41,42,43). The van der Waals surface area contributed by atoms with Crippen LogP contribution in [0.5, 0.6) is 5.75 Å². The van der Waals surface area contributed by atoms with E-state index in [1.54, 1.807) is 0 Å². The summed E-state index contributed by atoms with van der Waals surface area (Å²) in [5.74, 6) is 0.286. The van der Waals surface area contributed by atoms with E-state index in [1.165, 1.54) is 127 Å². The monoisotopic (exact) mass is 764 g/mol. The van der Waals surface area contributed by atoms with Crippen LogP contribution in [0, 0.1) is 3.57 Å². The van der Waals surface area contributed by atoms with E-state index >= 15 is 0 Å². The molecule has 0 heterocycles. The molecule has 0 atom stereocenters. The van der Waals surface area contributed by atoms with Crippen LogP contribution in [0.3, 0.4) is 0 Å². The Hall–Kier alpha value is -0.300. The molecule has 45 heavy (non-hydrogen) atoms. The lowest BCUT2D eigenvalue weighted by atomic mass is 9.85. The van der Waals surface area contributed by atoms with Crippen LogP contribution in [0.15, 0.2) is 0 Å². The van der Waals surface area contributed by atoms with Crippen LogP contribution in [0.2, 0.25) is 0 Å². The lowest BCUT2D eigenvalue weighted by molar-refractivity contribution is 0.281. The number of phosphoric ester groups is 1. The quantitative estimate of drug-likeness (QED) is 0.0447. The van der Waals surface area contributed by atoms with Crippen LogP contribution < -0.4 is 4.52 Å². The molecule has 264 valence electrons. The first-order valence-electron chi connectivity index (χ1n) is 19.1. The van der Waals surface area contributed by atoms with E-state index in [0.717, 1.165) is 75.3 Å². The maximum absolute atomic E-state index is 13.1. The first-order chi connectivity index (χ1) is 21.8. The van der Waals surface area contributed by atoms with Crippen LogP contribution >= 0.6 is 29.0 Å². The molecule has 1 aromatic carbocycles. The summed E-state index contributed by atoms with van der Waals surface area (Å²) in [6, 6.07) is 0. The largest absolute Gasteiger partial charge is 0.524 e. The van der Waals surface area contributed by atoms with Gasteiger partial charge in [0.1, 0.15) is 0 Å². The molecule has 0 spiro atoms. The smallest absolute Gasteiger partial charge is 0.403 e. The van der Waals surface area contributed by atoms with Gasteiger partial charge in [-0.2, -0.15) is 0 Å². The van der Waals surface area contributed by atoms with Crippen molar-refractivity contribution in [3.05, 3.63) is 25.8 Å². The summed E-state index contributed by atoms with van der Waals surface area (Å²) in [5, 5.41) is 0. The minimum absolute atomic E-state index is 0.286. The molecule has 0 aromatic heterocycles. The molecular weight excluding hydrogens is 694 g/mol. The number of hydrogen-bond acceptors (Lipinski definition) is 3. The first-order valence-corrected chi connectivity index (χ1v) is 22.5. The Labute approximate surface area is 288 Å². The second-order valence-electron chi connectivity index (χ2n) is 13.3. The van der Waals surface area contributed by atoms with Crippen molar-refractivity contribution >= 4 is 29.0 Å². The predicted molar refractivity (Wildman–Crippen MR) is 201 cm³/mol. The van der Waals surface area contributed by atoms with Crippen molar-refractivity contribution in [2.24, 2.45) is 0 Å². The lowest BCUT2D eigenvalue weighted by Crippen LogP contribution is -2.12. The molecule has 0 bridgehead atoms. The van der Waals surface area contributed by atoms with Gasteiger partial charge in [-0.05, 0) is 73.6 Å². The highest BCUT2D eigenvalue weighted by molar-refractivity contribution is 14.1. The minimum Gasteiger partial charge on any atom is -0.403 e. The Balaban J connectivity index is 3.57. The molecule has 7 heteroatoms. The Bertz CT molecular complexity index is 945. The van der Waals surface area contributed by atoms with Crippen molar-refractivity contribution in [1.82, 2.24) is 0 Å². The molecule has 0 amide bonds. The number of halogens is 1. The molecule has 0 saturated heterocycles. The third-order valence-electron chi connectivity index (χ3n) is 9.24. The van der Waals surface area contributed by atoms with E-state index in [1.807, 2.05) is 0 Å². The van der Waals surface area contributed by atoms with Crippen molar-refractivity contribution in [3.63, 3.8) is 0 Å². The molecule has 0 fully saturated rings. The fourth-order valence-corrected chi connectivity index (χ4v) is 8.77. The molecule has 0 radical (unpaired) electrons. The summed E-state index contributed by atoms with van der Waals surface area (Å²) < 4.78 is 31.7. The molecule has 0 aliphatic heterocycles. The summed E-state index contributed by atoms with van der Waals surface area (Å²) in [7, 11) is -4.81. The van der Waals surface area contributed by atoms with Crippen molar-refractivity contribution in [2.45, 2.75) is 207 Å². The van der Waals surface area contributed by atoms with E-state index in [-0.39, 0.29) is 5.75 Å². The molecule has 0 aliphatic rings. The highest BCUT2D eigenvalue weighted by Crippen LogP contribution is 2.47. The van der Waals surface area contributed by atoms with Gasteiger partial charge in [-0.15, -0.1) is 0 Å². The Morgan fingerprint density at radius 3 is 1.09 bits per heavy atom. The normalized spacial score (nSPS) is 11.9. The zero-order valence-corrected chi connectivity index (χ0v) is 32.8. The van der Waals surface area contributed by atoms with E-state index in [4.69, 9.17) is 4.52 Å². The van der Waals surface area contributed by atoms with E-state index in [0.29, 0.717) is 3.57 Å². The van der Waals surface area contributed by atoms with Crippen molar-refractivity contribution in [2.75, 3.05) is 0 Å². The van der Waals surface area contributed by atoms with Gasteiger partial charge in [-0.1, -0.05) is 156 Å². The number of phosphoric acid groups is 1. The van der Waals surface area contributed by atoms with Gasteiger partial charge >= 0.3 is 7.82 Å². The Morgan fingerprint density at radius 1 is 0.467 bits per heavy atom. The number of benzene rings is 1. The van der Waals surface area contributed by atoms with E-state index in [2.05, 4.69) is 27.7 Å². The fourth-order valence-electron chi connectivity index (χ4n) is 6.66. The summed E-state index contributed by atoms with van der Waals surface area (Å²) in [6.45, 7) is 8.96. The van der Waals surface area contributed by atoms with E-state index < -0.39 is 29.0 Å². The average Bonchev–Trinajstić information content (AvgIpc) is 3.01. The zero-order chi connectivity index (χ0) is 33.2. The average molecular weight is 765 g/mol. The van der Waals surface area contributed by atoms with Crippen LogP contribution in [-0.2, 0) is 33.3 Å². The summed E-state index contributed by atoms with van der Waals surface area (Å²) in [4.78, 5) is 20.1. The summed E-state index contributed by atoms with van der Waals surface area (Å²) >= 11 is -1.67. The van der Waals surface area contributed by atoms with E-state index in [9.17, 15) is 17.4 Å². The fraction of sp³-hybridized carbons (Fsp3) is 0.842. The van der Waals surface area contributed by atoms with Gasteiger partial charge in [0.2, 0.25) is 0 Å². The highest BCUT2D eigenvalue weighted by atomic mass is 127. The van der Waals surface area contributed by atoms with Crippen LogP contribution in [0.1, 0.15) is 204 Å². The molecule has 0 saturated carbocycles. The topological polar surface area (TPSA) is 83.8 Å². The molecule has 5 nitrogen and oxygen atoms in total. The van der Waals surface area contributed by atoms with Crippen molar-refractivity contribution < 1.29 is 21.9 Å². The maximum atomic E-state index is 13.1. The molecular formula is C38H70IO5P. The second kappa shape index (κ2) is 27.6. The maximum Gasteiger partial charge on any atom is 0.524 e. The van der Waals surface area contributed by atoms with Gasteiger partial charge in [0, 0.05) is 0 Å². The third-order valence-corrected chi connectivity index (χ3v) is 11.2. The zero-order valence-electron chi connectivity index (χ0n) is 29.7. The summed E-state index contributed by atoms with van der Waals surface area (Å²) in [5.41, 5.74) is 4.70. The molecule has 1 aromatic rings. The van der Waals surface area contributed by atoms with Gasteiger partial charge in [-0.25, -0.2) is 4.57 Å². The van der Waals surface area contributed by atoms with Crippen LogP contribution in [0.4, 0.5) is 0 Å². The van der Waals surface area contributed by atoms with Crippen molar-refractivity contribution in [1.29, 1.82) is 0 Å². The predicted octanol–water partition coefficient (Wildman–Crippen LogP) is 13.3. The molecule has 0 unspecified atom stereocenters. The van der Waals surface area contributed by atoms with Crippen molar-refractivity contribution in [3.8, 4) is 5.75 Å². The third kappa shape index (κ3) is 19.3. The lowest BCUT2D eigenvalue weighted by Gasteiger charge is -2.25. The minimum atomic E-state index is -4.81. The number of hydrogen-bond donors (Lipinski definition) is 2. The second-order valence-corrected chi connectivity index (χ2v) is 16.0. The highest BCUT2D eigenvalue weighted by Gasteiger charge is 2.29. The SMILES string of the molecule is CCCCCCCCc1c(CCCCCCCC)c(CCCCCCCC)c(I=O)c(OP(=O)(O)O)c1CCCCCCCC. The summed E-state index contributed by atoms with van der Waals surface area (Å²) in [6.07, 6.45) is 32.1. The van der Waals surface area contributed by atoms with Gasteiger partial charge < -0.3 is 4.52 Å². The van der Waals surface area contributed by atoms with Gasteiger partial charge in [-0.3, -0.25) is 12.9 Å².